The highest BCUT2D eigenvalue weighted by Gasteiger charge is 2.19. The summed E-state index contributed by atoms with van der Waals surface area (Å²) in [5.74, 6) is 0.774. The zero-order valence-corrected chi connectivity index (χ0v) is 8.80. The molecule has 0 aromatic heterocycles. The summed E-state index contributed by atoms with van der Waals surface area (Å²) in [6.45, 7) is 11.6. The van der Waals surface area contributed by atoms with Crippen LogP contribution < -0.4 is 0 Å². The highest BCUT2D eigenvalue weighted by atomic mass is 15.1. The minimum Gasteiger partial charge on any atom is -0.377 e. The van der Waals surface area contributed by atoms with Crippen LogP contribution in [0.15, 0.2) is 12.3 Å². The van der Waals surface area contributed by atoms with Crippen molar-refractivity contribution in [1.29, 1.82) is 0 Å². The van der Waals surface area contributed by atoms with E-state index in [4.69, 9.17) is 0 Å². The molecule has 0 radical (unpaired) electrons. The highest BCUT2D eigenvalue weighted by molar-refractivity contribution is 4.99. The second kappa shape index (κ2) is 3.51. The average Bonchev–Trinajstić information content (AvgIpc) is 1.93. The van der Waals surface area contributed by atoms with Crippen LogP contribution >= 0.6 is 0 Å². The van der Waals surface area contributed by atoms with Gasteiger partial charge in [-0.05, 0) is 24.0 Å². The van der Waals surface area contributed by atoms with Crippen molar-refractivity contribution in [2.75, 3.05) is 13.1 Å². The van der Waals surface area contributed by atoms with E-state index in [0.29, 0.717) is 5.41 Å². The first-order chi connectivity index (χ1) is 5.49. The summed E-state index contributed by atoms with van der Waals surface area (Å²) in [6.07, 6.45) is 5.89. The van der Waals surface area contributed by atoms with Crippen molar-refractivity contribution in [2.45, 2.75) is 34.1 Å². The van der Waals surface area contributed by atoms with Gasteiger partial charge in [-0.1, -0.05) is 33.8 Å². The monoisotopic (exact) mass is 167 g/mol. The molecule has 0 aromatic rings. The lowest BCUT2D eigenvalue weighted by Crippen LogP contribution is -2.30. The standard InChI is InChI=1S/C11H21N/c1-10(2)9-12-7-5-11(3,4)6-8-12/h5,7,10H,6,8-9H2,1-4H3. The summed E-state index contributed by atoms with van der Waals surface area (Å²) >= 11 is 0. The van der Waals surface area contributed by atoms with Gasteiger partial charge in [0.1, 0.15) is 0 Å². The summed E-state index contributed by atoms with van der Waals surface area (Å²) < 4.78 is 0. The average molecular weight is 167 g/mol. The molecule has 1 aliphatic heterocycles. The van der Waals surface area contributed by atoms with Gasteiger partial charge in [0.25, 0.3) is 0 Å². The van der Waals surface area contributed by atoms with Crippen LogP contribution in [0.2, 0.25) is 0 Å². The molecule has 0 fully saturated rings. The number of hydrogen-bond acceptors (Lipinski definition) is 1. The largest absolute Gasteiger partial charge is 0.377 e. The molecule has 0 aromatic carbocycles. The van der Waals surface area contributed by atoms with Gasteiger partial charge in [0, 0.05) is 13.1 Å². The molecule has 0 atom stereocenters. The minimum atomic E-state index is 0.424. The van der Waals surface area contributed by atoms with Crippen LogP contribution in [0, 0.1) is 11.3 Å². The van der Waals surface area contributed by atoms with E-state index in [0.717, 1.165) is 5.92 Å². The molecule has 1 nitrogen and oxygen atoms in total. The minimum absolute atomic E-state index is 0.424. The predicted octanol–water partition coefficient (Wildman–Crippen LogP) is 2.89. The van der Waals surface area contributed by atoms with Crippen LogP contribution in [-0.4, -0.2) is 18.0 Å². The highest BCUT2D eigenvalue weighted by Crippen LogP contribution is 2.26. The summed E-state index contributed by atoms with van der Waals surface area (Å²) in [4.78, 5) is 2.43. The van der Waals surface area contributed by atoms with Crippen LogP contribution in [0.5, 0.6) is 0 Å². The Morgan fingerprint density at radius 1 is 1.42 bits per heavy atom. The molecule has 0 aliphatic carbocycles. The van der Waals surface area contributed by atoms with Crippen molar-refractivity contribution in [3.63, 3.8) is 0 Å². The zero-order chi connectivity index (χ0) is 9.19. The maximum Gasteiger partial charge on any atom is 0.0195 e. The second-order valence-corrected chi connectivity index (χ2v) is 4.94. The van der Waals surface area contributed by atoms with E-state index in [2.05, 4.69) is 44.9 Å². The Hall–Kier alpha value is -0.460. The number of rotatable bonds is 2. The number of hydrogen-bond donors (Lipinski definition) is 0. The van der Waals surface area contributed by atoms with E-state index in [1.165, 1.54) is 19.5 Å². The Balaban J connectivity index is 2.43. The van der Waals surface area contributed by atoms with Crippen molar-refractivity contribution < 1.29 is 0 Å². The summed E-state index contributed by atoms with van der Waals surface area (Å²) in [7, 11) is 0. The van der Waals surface area contributed by atoms with E-state index < -0.39 is 0 Å². The first kappa shape index (κ1) is 9.63. The SMILES string of the molecule is CC(C)CN1C=CC(C)(C)CC1. The lowest BCUT2D eigenvalue weighted by molar-refractivity contribution is 0.256. The fourth-order valence-corrected chi connectivity index (χ4v) is 1.52. The van der Waals surface area contributed by atoms with Crippen LogP contribution in [0.3, 0.4) is 0 Å². The lowest BCUT2D eigenvalue weighted by atomic mass is 9.87. The fourth-order valence-electron chi connectivity index (χ4n) is 1.52. The van der Waals surface area contributed by atoms with Gasteiger partial charge in [-0.15, -0.1) is 0 Å². The second-order valence-electron chi connectivity index (χ2n) is 4.94. The van der Waals surface area contributed by atoms with Gasteiger partial charge in [0.2, 0.25) is 0 Å². The van der Waals surface area contributed by atoms with E-state index in [-0.39, 0.29) is 0 Å². The topological polar surface area (TPSA) is 3.24 Å². The first-order valence-electron chi connectivity index (χ1n) is 4.93. The molecular weight excluding hydrogens is 146 g/mol. The molecule has 0 unspecified atom stereocenters. The van der Waals surface area contributed by atoms with Gasteiger partial charge in [-0.3, -0.25) is 0 Å². The van der Waals surface area contributed by atoms with Gasteiger partial charge < -0.3 is 4.90 Å². The molecule has 0 N–H and O–H groups in total. The zero-order valence-electron chi connectivity index (χ0n) is 8.80. The van der Waals surface area contributed by atoms with E-state index in [1.807, 2.05) is 0 Å². The number of nitrogens with zero attached hydrogens (tertiary/aromatic N) is 1. The van der Waals surface area contributed by atoms with Gasteiger partial charge >= 0.3 is 0 Å². The molecule has 0 saturated heterocycles. The van der Waals surface area contributed by atoms with Crippen molar-refractivity contribution in [3.8, 4) is 0 Å². The molecule has 1 heteroatoms. The molecule has 0 bridgehead atoms. The maximum absolute atomic E-state index is 2.43. The first-order valence-corrected chi connectivity index (χ1v) is 4.93. The summed E-state index contributed by atoms with van der Waals surface area (Å²) in [5, 5.41) is 0. The van der Waals surface area contributed by atoms with Crippen LogP contribution in [0.4, 0.5) is 0 Å². The van der Waals surface area contributed by atoms with Crippen LogP contribution in [0.25, 0.3) is 0 Å². The molecule has 12 heavy (non-hydrogen) atoms. The Morgan fingerprint density at radius 3 is 2.50 bits per heavy atom. The Labute approximate surface area is 76.5 Å². The normalized spacial score (nSPS) is 21.9. The van der Waals surface area contributed by atoms with Gasteiger partial charge in [-0.25, -0.2) is 0 Å². The van der Waals surface area contributed by atoms with Crippen molar-refractivity contribution in [3.05, 3.63) is 12.3 Å². The third-order valence-electron chi connectivity index (χ3n) is 2.38. The summed E-state index contributed by atoms with van der Waals surface area (Å²) in [5.41, 5.74) is 0.424. The number of allylic oxidation sites excluding steroid dienone is 1. The predicted molar refractivity (Wildman–Crippen MR) is 53.9 cm³/mol. The van der Waals surface area contributed by atoms with Gasteiger partial charge in [0.15, 0.2) is 0 Å². The third-order valence-corrected chi connectivity index (χ3v) is 2.38. The van der Waals surface area contributed by atoms with Crippen molar-refractivity contribution in [2.24, 2.45) is 11.3 Å². The summed E-state index contributed by atoms with van der Waals surface area (Å²) in [6, 6.07) is 0. The lowest BCUT2D eigenvalue weighted by Gasteiger charge is -2.33. The van der Waals surface area contributed by atoms with Crippen LogP contribution in [0.1, 0.15) is 34.1 Å². The molecular formula is C11H21N. The van der Waals surface area contributed by atoms with Crippen LogP contribution in [-0.2, 0) is 0 Å². The van der Waals surface area contributed by atoms with Crippen molar-refractivity contribution >= 4 is 0 Å². The third kappa shape index (κ3) is 2.88. The molecule has 1 heterocycles. The quantitative estimate of drug-likeness (QED) is 0.611. The Kier molecular flexibility index (Phi) is 2.81. The molecule has 0 saturated carbocycles. The Morgan fingerprint density at radius 2 is 2.08 bits per heavy atom. The molecule has 70 valence electrons. The van der Waals surface area contributed by atoms with Crippen molar-refractivity contribution in [1.82, 2.24) is 4.90 Å². The molecule has 0 spiro atoms. The fraction of sp³-hybridized carbons (Fsp3) is 0.818. The van der Waals surface area contributed by atoms with Gasteiger partial charge in [0.05, 0.1) is 0 Å². The maximum atomic E-state index is 2.43. The van der Waals surface area contributed by atoms with E-state index in [9.17, 15) is 0 Å². The van der Waals surface area contributed by atoms with E-state index in [1.54, 1.807) is 0 Å². The smallest absolute Gasteiger partial charge is 0.0195 e. The molecule has 0 amide bonds. The van der Waals surface area contributed by atoms with Gasteiger partial charge in [-0.2, -0.15) is 0 Å². The Bertz CT molecular complexity index is 168. The van der Waals surface area contributed by atoms with E-state index >= 15 is 0 Å². The molecule has 1 aliphatic rings. The molecule has 1 rings (SSSR count).